The Morgan fingerprint density at radius 2 is 1.70 bits per heavy atom. The maximum atomic E-state index is 12.9. The predicted octanol–water partition coefficient (Wildman–Crippen LogP) is 4.74. The third kappa shape index (κ3) is 6.00. The summed E-state index contributed by atoms with van der Waals surface area (Å²) in [5, 5.41) is 2.32. The summed E-state index contributed by atoms with van der Waals surface area (Å²) in [6.45, 7) is 4.19. The molecular formula is C26H25F3N4O2S2. The highest BCUT2D eigenvalue weighted by molar-refractivity contribution is 7.98. The lowest BCUT2D eigenvalue weighted by atomic mass is 10.0. The van der Waals surface area contributed by atoms with Crippen molar-refractivity contribution in [3.05, 3.63) is 81.8 Å². The van der Waals surface area contributed by atoms with E-state index in [0.29, 0.717) is 54.1 Å². The highest BCUT2D eigenvalue weighted by Gasteiger charge is 2.37. The number of hydrogen-bond donors (Lipinski definition) is 0. The normalized spacial score (nSPS) is 17.1. The van der Waals surface area contributed by atoms with Crippen molar-refractivity contribution in [2.24, 2.45) is 0 Å². The second kappa shape index (κ2) is 10.8. The summed E-state index contributed by atoms with van der Waals surface area (Å²) < 4.78 is 38.7. The predicted molar refractivity (Wildman–Crippen MR) is 137 cm³/mol. The van der Waals surface area contributed by atoms with E-state index >= 15 is 0 Å². The van der Waals surface area contributed by atoms with Gasteiger partial charge in [0.1, 0.15) is 0 Å². The fourth-order valence-corrected chi connectivity index (χ4v) is 5.93. The Bertz CT molecular complexity index is 1240. The molecule has 1 aromatic heterocycles. The molecule has 2 amide bonds. The van der Waals surface area contributed by atoms with E-state index in [0.717, 1.165) is 24.1 Å². The first-order valence-electron chi connectivity index (χ1n) is 11.9. The number of carbonyl (C=O) groups excluding carboxylic acids is 2. The van der Waals surface area contributed by atoms with E-state index in [-0.39, 0.29) is 11.8 Å². The molecule has 2 aliphatic rings. The number of thiazole rings is 1. The molecule has 6 nitrogen and oxygen atoms in total. The Morgan fingerprint density at radius 3 is 2.35 bits per heavy atom. The Morgan fingerprint density at radius 1 is 0.973 bits per heavy atom. The Balaban J connectivity index is 1.07. The van der Waals surface area contributed by atoms with Gasteiger partial charge < -0.3 is 9.80 Å². The van der Waals surface area contributed by atoms with E-state index < -0.39 is 11.7 Å². The smallest absolute Gasteiger partial charge is 0.335 e. The van der Waals surface area contributed by atoms with Gasteiger partial charge in [0.2, 0.25) is 0 Å². The molecule has 2 aromatic carbocycles. The minimum absolute atomic E-state index is 0.0171. The lowest BCUT2D eigenvalue weighted by Gasteiger charge is -2.48. The van der Waals surface area contributed by atoms with Crippen LogP contribution >= 0.6 is 23.1 Å². The number of amides is 2. The lowest BCUT2D eigenvalue weighted by molar-refractivity contribution is -0.137. The fraction of sp³-hybridized carbons (Fsp3) is 0.346. The SMILES string of the molecule is O=C(c1ccc(SCc2cccc(C(F)(F)F)c2)cc1)N1CC(N2CCN(C(=O)c3nccs3)CC2)C1. The van der Waals surface area contributed by atoms with Gasteiger partial charge >= 0.3 is 6.18 Å². The van der Waals surface area contributed by atoms with E-state index in [2.05, 4.69) is 9.88 Å². The van der Waals surface area contributed by atoms with Crippen molar-refractivity contribution in [2.45, 2.75) is 22.9 Å². The van der Waals surface area contributed by atoms with Gasteiger partial charge in [-0.3, -0.25) is 14.5 Å². The van der Waals surface area contributed by atoms with Gasteiger partial charge in [0.05, 0.1) is 5.56 Å². The maximum Gasteiger partial charge on any atom is 0.416 e. The molecule has 0 spiro atoms. The van der Waals surface area contributed by atoms with Crippen molar-refractivity contribution in [1.29, 1.82) is 0 Å². The molecule has 0 atom stereocenters. The molecule has 0 N–H and O–H groups in total. The average molecular weight is 547 g/mol. The quantitative estimate of drug-likeness (QED) is 0.419. The highest BCUT2D eigenvalue weighted by atomic mass is 32.2. The van der Waals surface area contributed by atoms with Gasteiger partial charge in [-0.2, -0.15) is 13.2 Å². The van der Waals surface area contributed by atoms with E-state index in [4.69, 9.17) is 0 Å². The molecule has 5 rings (SSSR count). The van der Waals surface area contributed by atoms with Crippen LogP contribution in [0.4, 0.5) is 13.2 Å². The summed E-state index contributed by atoms with van der Waals surface area (Å²) in [6, 6.07) is 12.8. The molecule has 0 saturated carbocycles. The number of thioether (sulfide) groups is 1. The zero-order valence-corrected chi connectivity index (χ0v) is 21.5. The molecule has 2 saturated heterocycles. The zero-order valence-electron chi connectivity index (χ0n) is 19.9. The van der Waals surface area contributed by atoms with Crippen molar-refractivity contribution in [2.75, 3.05) is 39.3 Å². The second-order valence-electron chi connectivity index (χ2n) is 9.04. The number of likely N-dealkylation sites (tertiary alicyclic amines) is 1. The minimum Gasteiger partial charge on any atom is -0.335 e. The number of alkyl halides is 3. The van der Waals surface area contributed by atoms with Crippen LogP contribution in [-0.4, -0.2) is 76.8 Å². The van der Waals surface area contributed by atoms with Crippen LogP contribution in [0.5, 0.6) is 0 Å². The number of benzene rings is 2. The van der Waals surface area contributed by atoms with Crippen molar-refractivity contribution in [3.8, 4) is 0 Å². The molecule has 0 aliphatic carbocycles. The molecule has 11 heteroatoms. The van der Waals surface area contributed by atoms with Crippen LogP contribution in [0.15, 0.2) is 65.0 Å². The standard InChI is InChI=1S/C26H25F3N4O2S2/c27-26(28,29)20-3-1-2-18(14-20)17-37-22-6-4-19(5-7-22)24(34)33-15-21(16-33)31-9-11-32(12-10-31)25(35)23-30-8-13-36-23/h1-8,13-14,21H,9-12,15-17H2. The maximum absolute atomic E-state index is 12.9. The third-order valence-electron chi connectivity index (χ3n) is 6.64. The molecule has 3 heterocycles. The molecule has 194 valence electrons. The molecule has 37 heavy (non-hydrogen) atoms. The topological polar surface area (TPSA) is 56.8 Å². The van der Waals surface area contributed by atoms with Crippen LogP contribution in [0.25, 0.3) is 0 Å². The molecule has 2 aliphatic heterocycles. The summed E-state index contributed by atoms with van der Waals surface area (Å²) in [5.74, 6) is 0.369. The molecule has 0 radical (unpaired) electrons. The fourth-order valence-electron chi connectivity index (χ4n) is 4.49. The van der Waals surface area contributed by atoms with Gasteiger partial charge in [0.15, 0.2) is 5.01 Å². The number of nitrogens with zero attached hydrogens (tertiary/aromatic N) is 4. The first-order chi connectivity index (χ1) is 17.8. The minimum atomic E-state index is -4.35. The van der Waals surface area contributed by atoms with Gasteiger partial charge in [-0.15, -0.1) is 23.1 Å². The van der Waals surface area contributed by atoms with E-state index in [1.807, 2.05) is 21.9 Å². The first-order valence-corrected chi connectivity index (χ1v) is 13.8. The molecule has 2 fully saturated rings. The van der Waals surface area contributed by atoms with Crippen molar-refractivity contribution in [1.82, 2.24) is 19.7 Å². The number of halogens is 3. The van der Waals surface area contributed by atoms with Gasteiger partial charge in [-0.05, 0) is 35.9 Å². The summed E-state index contributed by atoms with van der Waals surface area (Å²) in [5.41, 5.74) is 0.547. The number of piperazine rings is 1. The van der Waals surface area contributed by atoms with Crippen LogP contribution in [0.3, 0.4) is 0 Å². The summed E-state index contributed by atoms with van der Waals surface area (Å²) in [4.78, 5) is 36.3. The van der Waals surface area contributed by atoms with E-state index in [1.165, 1.54) is 35.2 Å². The lowest BCUT2D eigenvalue weighted by Crippen LogP contribution is -2.64. The number of rotatable bonds is 6. The summed E-state index contributed by atoms with van der Waals surface area (Å²) in [7, 11) is 0. The average Bonchev–Trinajstić information content (AvgIpc) is 3.42. The largest absolute Gasteiger partial charge is 0.416 e. The Hall–Kier alpha value is -2.89. The Kier molecular flexibility index (Phi) is 7.55. The van der Waals surface area contributed by atoms with E-state index in [9.17, 15) is 22.8 Å². The first kappa shape index (κ1) is 25.7. The number of carbonyl (C=O) groups is 2. The van der Waals surface area contributed by atoms with Crippen LogP contribution in [0, 0.1) is 0 Å². The molecular weight excluding hydrogens is 521 g/mol. The molecule has 3 aromatic rings. The van der Waals surface area contributed by atoms with Crippen LogP contribution in [0.1, 0.15) is 31.3 Å². The second-order valence-corrected chi connectivity index (χ2v) is 11.0. The number of aromatic nitrogens is 1. The van der Waals surface area contributed by atoms with Gasteiger partial charge in [-0.1, -0.05) is 18.2 Å². The van der Waals surface area contributed by atoms with Crippen molar-refractivity contribution in [3.63, 3.8) is 0 Å². The van der Waals surface area contributed by atoms with Crippen molar-refractivity contribution >= 4 is 34.9 Å². The van der Waals surface area contributed by atoms with Gasteiger partial charge in [0, 0.05) is 73.1 Å². The van der Waals surface area contributed by atoms with Gasteiger partial charge in [0.25, 0.3) is 11.8 Å². The zero-order chi connectivity index (χ0) is 26.0. The van der Waals surface area contributed by atoms with E-state index in [1.54, 1.807) is 29.8 Å². The summed E-state index contributed by atoms with van der Waals surface area (Å²) in [6.07, 6.45) is -2.71. The Labute approximate surface area is 221 Å². The highest BCUT2D eigenvalue weighted by Crippen LogP contribution is 2.31. The van der Waals surface area contributed by atoms with Crippen LogP contribution in [-0.2, 0) is 11.9 Å². The summed E-state index contributed by atoms with van der Waals surface area (Å²) >= 11 is 2.79. The number of hydrogen-bond acceptors (Lipinski definition) is 6. The van der Waals surface area contributed by atoms with Crippen LogP contribution in [0.2, 0.25) is 0 Å². The van der Waals surface area contributed by atoms with Gasteiger partial charge in [-0.25, -0.2) is 4.98 Å². The van der Waals surface area contributed by atoms with Crippen LogP contribution < -0.4 is 0 Å². The van der Waals surface area contributed by atoms with Crippen molar-refractivity contribution < 1.29 is 22.8 Å². The third-order valence-corrected chi connectivity index (χ3v) is 8.49. The monoisotopic (exact) mass is 546 g/mol. The molecule has 0 bridgehead atoms. The molecule has 0 unspecified atom stereocenters.